The Morgan fingerprint density at radius 2 is 2.33 bits per heavy atom. The fourth-order valence-electron chi connectivity index (χ4n) is 2.69. The van der Waals surface area contributed by atoms with Crippen LogP contribution < -0.4 is 5.73 Å². The van der Waals surface area contributed by atoms with Gasteiger partial charge in [0.1, 0.15) is 5.82 Å². The van der Waals surface area contributed by atoms with E-state index >= 15 is 0 Å². The van der Waals surface area contributed by atoms with Gasteiger partial charge in [0.15, 0.2) is 0 Å². The maximum absolute atomic E-state index is 13.7. The summed E-state index contributed by atoms with van der Waals surface area (Å²) in [6.07, 6.45) is 2.57. The van der Waals surface area contributed by atoms with Gasteiger partial charge in [0, 0.05) is 29.2 Å². The summed E-state index contributed by atoms with van der Waals surface area (Å²) in [7, 11) is 0. The molecule has 0 aromatic heterocycles. The van der Waals surface area contributed by atoms with E-state index in [0.29, 0.717) is 22.9 Å². The van der Waals surface area contributed by atoms with E-state index in [4.69, 9.17) is 22.1 Å². The van der Waals surface area contributed by atoms with Gasteiger partial charge < -0.3 is 10.5 Å². The Kier molecular flexibility index (Phi) is 4.60. The van der Waals surface area contributed by atoms with E-state index in [1.807, 2.05) is 0 Å². The van der Waals surface area contributed by atoms with Crippen molar-refractivity contribution in [3.8, 4) is 0 Å². The predicted molar refractivity (Wildman–Crippen MR) is 71.2 cm³/mol. The molecular weight excluding hydrogens is 253 g/mol. The van der Waals surface area contributed by atoms with Gasteiger partial charge >= 0.3 is 0 Å². The highest BCUT2D eigenvalue weighted by Crippen LogP contribution is 2.29. The van der Waals surface area contributed by atoms with Gasteiger partial charge in [-0.2, -0.15) is 0 Å². The molecule has 3 atom stereocenters. The fourth-order valence-corrected chi connectivity index (χ4v) is 2.93. The predicted octanol–water partition coefficient (Wildman–Crippen LogP) is 3.16. The van der Waals surface area contributed by atoms with Crippen LogP contribution in [0.3, 0.4) is 0 Å². The number of ether oxygens (including phenoxy) is 1. The molecule has 0 radical (unpaired) electrons. The minimum atomic E-state index is -0.273. The van der Waals surface area contributed by atoms with Crippen LogP contribution in [0.2, 0.25) is 5.02 Å². The number of nitrogens with two attached hydrogens (primary N) is 1. The molecule has 1 heterocycles. The van der Waals surface area contributed by atoms with E-state index in [1.54, 1.807) is 12.1 Å². The van der Waals surface area contributed by atoms with Crippen LogP contribution in [0.4, 0.5) is 4.39 Å². The van der Waals surface area contributed by atoms with Crippen molar-refractivity contribution in [3.63, 3.8) is 0 Å². The third kappa shape index (κ3) is 2.85. The molecule has 0 spiro atoms. The Hall–Kier alpha value is -0.640. The number of benzene rings is 1. The highest BCUT2D eigenvalue weighted by molar-refractivity contribution is 6.31. The maximum Gasteiger partial charge on any atom is 0.127 e. The third-order valence-electron chi connectivity index (χ3n) is 3.71. The lowest BCUT2D eigenvalue weighted by molar-refractivity contribution is 0.0813. The van der Waals surface area contributed by atoms with Gasteiger partial charge in [-0.15, -0.1) is 0 Å². The number of hydrogen-bond acceptors (Lipinski definition) is 2. The van der Waals surface area contributed by atoms with Crippen molar-refractivity contribution in [2.75, 3.05) is 6.61 Å². The second-order valence-corrected chi connectivity index (χ2v) is 5.25. The summed E-state index contributed by atoms with van der Waals surface area (Å²) < 4.78 is 19.3. The summed E-state index contributed by atoms with van der Waals surface area (Å²) in [5.74, 6) is 0.0237. The smallest absolute Gasteiger partial charge is 0.127 e. The van der Waals surface area contributed by atoms with Gasteiger partial charge in [0.05, 0.1) is 6.10 Å². The van der Waals surface area contributed by atoms with Gasteiger partial charge in [0.2, 0.25) is 0 Å². The second-order valence-electron chi connectivity index (χ2n) is 4.84. The molecule has 1 fully saturated rings. The highest BCUT2D eigenvalue weighted by atomic mass is 35.5. The minimum absolute atomic E-state index is 0.105. The second kappa shape index (κ2) is 6.00. The number of halogens is 2. The van der Waals surface area contributed by atoms with Crippen LogP contribution >= 0.6 is 11.6 Å². The van der Waals surface area contributed by atoms with Crippen LogP contribution in [0.5, 0.6) is 0 Å². The Morgan fingerprint density at radius 1 is 1.56 bits per heavy atom. The molecule has 1 saturated heterocycles. The molecule has 4 heteroatoms. The number of rotatable bonds is 4. The van der Waals surface area contributed by atoms with E-state index in [9.17, 15) is 4.39 Å². The fraction of sp³-hybridized carbons (Fsp3) is 0.571. The van der Waals surface area contributed by atoms with E-state index in [-0.39, 0.29) is 18.0 Å². The molecule has 1 aromatic carbocycles. The molecule has 2 N–H and O–H groups in total. The third-order valence-corrected chi connectivity index (χ3v) is 4.07. The normalized spacial score (nSPS) is 25.3. The van der Waals surface area contributed by atoms with Crippen molar-refractivity contribution in [2.24, 2.45) is 11.7 Å². The van der Waals surface area contributed by atoms with Gasteiger partial charge in [-0.05, 0) is 31.4 Å². The monoisotopic (exact) mass is 271 g/mol. The zero-order valence-corrected chi connectivity index (χ0v) is 11.3. The van der Waals surface area contributed by atoms with Crippen LogP contribution in [-0.4, -0.2) is 18.8 Å². The highest BCUT2D eigenvalue weighted by Gasteiger charge is 2.32. The lowest BCUT2D eigenvalue weighted by Gasteiger charge is -2.24. The standard InChI is InChI=1S/C14H19ClFNO/c1-2-14-9(6-7-18-14)13(17)8-10-11(15)4-3-5-12(10)16/h3-5,9,13-14H,2,6-8,17H2,1H3. The molecule has 100 valence electrons. The van der Waals surface area contributed by atoms with E-state index < -0.39 is 0 Å². The Labute approximate surface area is 112 Å². The maximum atomic E-state index is 13.7. The van der Waals surface area contributed by atoms with Crippen molar-refractivity contribution in [1.82, 2.24) is 0 Å². The Bertz CT molecular complexity index is 393. The number of hydrogen-bond donors (Lipinski definition) is 1. The topological polar surface area (TPSA) is 35.2 Å². The zero-order valence-electron chi connectivity index (χ0n) is 10.5. The van der Waals surface area contributed by atoms with Crippen LogP contribution in [0.25, 0.3) is 0 Å². The molecule has 3 unspecified atom stereocenters. The van der Waals surface area contributed by atoms with E-state index in [2.05, 4.69) is 6.92 Å². The first-order valence-electron chi connectivity index (χ1n) is 6.43. The van der Waals surface area contributed by atoms with Gasteiger partial charge in [-0.25, -0.2) is 4.39 Å². The van der Waals surface area contributed by atoms with Crippen LogP contribution in [0.15, 0.2) is 18.2 Å². The molecule has 18 heavy (non-hydrogen) atoms. The summed E-state index contributed by atoms with van der Waals surface area (Å²) in [5.41, 5.74) is 6.73. The molecule has 0 saturated carbocycles. The molecule has 1 aliphatic rings. The molecule has 0 bridgehead atoms. The molecule has 2 rings (SSSR count). The summed E-state index contributed by atoms with van der Waals surface area (Å²) in [6.45, 7) is 2.84. The van der Waals surface area contributed by atoms with Crippen molar-refractivity contribution in [3.05, 3.63) is 34.6 Å². The van der Waals surface area contributed by atoms with Gasteiger partial charge in [0.25, 0.3) is 0 Å². The van der Waals surface area contributed by atoms with Crippen LogP contribution in [-0.2, 0) is 11.2 Å². The molecule has 1 aromatic rings. The van der Waals surface area contributed by atoms with Gasteiger partial charge in [-0.3, -0.25) is 0 Å². The average Bonchev–Trinajstić information content (AvgIpc) is 2.82. The summed E-state index contributed by atoms with van der Waals surface area (Å²) in [5, 5.41) is 0.456. The summed E-state index contributed by atoms with van der Waals surface area (Å²) in [6, 6.07) is 4.64. The lowest BCUT2D eigenvalue weighted by atomic mass is 9.88. The van der Waals surface area contributed by atoms with Crippen molar-refractivity contribution in [2.45, 2.75) is 38.3 Å². The molecule has 0 aliphatic carbocycles. The first-order chi connectivity index (χ1) is 8.63. The quantitative estimate of drug-likeness (QED) is 0.913. The lowest BCUT2D eigenvalue weighted by Crippen LogP contribution is -2.37. The Morgan fingerprint density at radius 3 is 3.00 bits per heavy atom. The summed E-state index contributed by atoms with van der Waals surface area (Å²) >= 11 is 6.02. The largest absolute Gasteiger partial charge is 0.378 e. The van der Waals surface area contributed by atoms with Crippen molar-refractivity contribution < 1.29 is 9.13 Å². The SMILES string of the molecule is CCC1OCCC1C(N)Cc1c(F)cccc1Cl. The molecular formula is C14H19ClFNO. The first-order valence-corrected chi connectivity index (χ1v) is 6.81. The average molecular weight is 272 g/mol. The van der Waals surface area contributed by atoms with Gasteiger partial charge in [-0.1, -0.05) is 24.6 Å². The van der Waals surface area contributed by atoms with Crippen LogP contribution in [0, 0.1) is 11.7 Å². The minimum Gasteiger partial charge on any atom is -0.378 e. The van der Waals surface area contributed by atoms with Crippen LogP contribution in [0.1, 0.15) is 25.3 Å². The van der Waals surface area contributed by atoms with Crippen molar-refractivity contribution >= 4 is 11.6 Å². The zero-order chi connectivity index (χ0) is 13.1. The summed E-state index contributed by atoms with van der Waals surface area (Å²) in [4.78, 5) is 0. The Balaban J connectivity index is 2.09. The van der Waals surface area contributed by atoms with E-state index in [0.717, 1.165) is 19.4 Å². The van der Waals surface area contributed by atoms with Crippen molar-refractivity contribution in [1.29, 1.82) is 0 Å². The first kappa shape index (κ1) is 13.8. The molecule has 2 nitrogen and oxygen atoms in total. The molecule has 1 aliphatic heterocycles. The molecule has 0 amide bonds. The van der Waals surface area contributed by atoms with E-state index in [1.165, 1.54) is 6.07 Å².